The SMILES string of the molecule is COC1c2cn(C3O[C@H](CO)[C@@H](O)[C@@]3(C)O)c3ncnc(c23)NC(=O)C1Br.C[C@]1(O)C(n2cc3ccc(=O)nc4c3c2N=CN4)O[C@H](CO)[C@H]1O. The van der Waals surface area contributed by atoms with Crippen LogP contribution in [0.4, 0.5) is 17.5 Å². The molecule has 8 rings (SSSR count). The standard InChI is InChI=1S/C16H19BrN4O6.C15H16N4O5/c1-16(25)11(23)7(4-22)27-15(16)21-3-6-8-12(18-5-19-13(8)21)20-14(24)9(17)10(6)26-2;1-15(23)11(22)8(5-20)24-14(15)19-4-7-2-3-9(21)18-12-10(7)13(19)17-6-16-12/h3,5,7,9-11,15,22-23,25H,4H2,1-2H3,(H,18,19,20,24);2-4,6,8,11,14,20,22-23H,5H2,1H3,(H,16,17,18,21)/t7-,9?,10?,11-,15?,16-;8-,11-,14?,15-/m11/s1. The smallest absolute Gasteiger partial charge is 0.271 e. The molecule has 4 aromatic rings. The third kappa shape index (κ3) is 5.53. The lowest BCUT2D eigenvalue weighted by Crippen LogP contribution is -2.44. The Bertz CT molecular complexity index is 2110. The quantitative estimate of drug-likeness (QED) is 0.117. The highest BCUT2D eigenvalue weighted by Gasteiger charge is 2.54. The monoisotopic (exact) mass is 774 g/mol. The number of nitrogens with zero attached hydrogens (tertiary/aromatic N) is 6. The minimum atomic E-state index is -1.68. The first-order valence-corrected chi connectivity index (χ1v) is 16.7. The highest BCUT2D eigenvalue weighted by Crippen LogP contribution is 2.46. The van der Waals surface area contributed by atoms with Gasteiger partial charge in [-0.3, -0.25) is 9.59 Å². The predicted octanol–water partition coefficient (Wildman–Crippen LogP) is -0.681. The van der Waals surface area contributed by atoms with Gasteiger partial charge in [0.05, 0.1) is 30.3 Å². The van der Waals surface area contributed by atoms with Gasteiger partial charge in [0.15, 0.2) is 12.5 Å². The largest absolute Gasteiger partial charge is 0.394 e. The number of anilines is 2. The molecule has 0 saturated carbocycles. The summed E-state index contributed by atoms with van der Waals surface area (Å²) in [7, 11) is 1.48. The molecule has 2 fully saturated rings. The van der Waals surface area contributed by atoms with E-state index in [9.17, 15) is 40.2 Å². The van der Waals surface area contributed by atoms with Crippen molar-refractivity contribution in [3.63, 3.8) is 0 Å². The summed E-state index contributed by atoms with van der Waals surface area (Å²) >= 11 is 3.35. The van der Waals surface area contributed by atoms with Crippen molar-refractivity contribution >= 4 is 67.4 Å². The first-order valence-electron chi connectivity index (χ1n) is 15.8. The van der Waals surface area contributed by atoms with Crippen molar-refractivity contribution in [2.24, 2.45) is 4.99 Å². The Morgan fingerprint density at radius 1 is 0.941 bits per heavy atom. The molecule has 4 aromatic heterocycles. The summed E-state index contributed by atoms with van der Waals surface area (Å²) in [5, 5.41) is 68.1. The van der Waals surface area contributed by atoms with Gasteiger partial charge in [-0.25, -0.2) is 15.0 Å². The molecule has 0 bridgehead atoms. The van der Waals surface area contributed by atoms with Crippen LogP contribution in [0.3, 0.4) is 0 Å². The van der Waals surface area contributed by atoms with Crippen molar-refractivity contribution in [3.05, 3.63) is 46.8 Å². The number of amides is 1. The Morgan fingerprint density at radius 3 is 2.20 bits per heavy atom. The third-order valence-corrected chi connectivity index (χ3v) is 10.5. The molecule has 20 heteroatoms. The van der Waals surface area contributed by atoms with Gasteiger partial charge in [0.25, 0.3) is 5.56 Å². The van der Waals surface area contributed by atoms with Crippen LogP contribution in [-0.2, 0) is 19.0 Å². The Balaban J connectivity index is 0.000000160. The fourth-order valence-electron chi connectivity index (χ4n) is 6.95. The van der Waals surface area contributed by atoms with Gasteiger partial charge in [0.1, 0.15) is 76.0 Å². The van der Waals surface area contributed by atoms with E-state index < -0.39 is 72.2 Å². The number of nitrogens with one attached hydrogen (secondary N) is 2. The lowest BCUT2D eigenvalue weighted by molar-refractivity contribution is -0.117. The topological polar surface area (TPSA) is 268 Å². The van der Waals surface area contributed by atoms with Crippen molar-refractivity contribution in [2.75, 3.05) is 31.0 Å². The van der Waals surface area contributed by atoms with E-state index in [1.54, 1.807) is 27.6 Å². The highest BCUT2D eigenvalue weighted by molar-refractivity contribution is 9.10. The summed E-state index contributed by atoms with van der Waals surface area (Å²) in [6.07, 6.45) is -0.965. The zero-order valence-corrected chi connectivity index (χ0v) is 28.9. The van der Waals surface area contributed by atoms with Crippen LogP contribution in [0.1, 0.15) is 38.0 Å². The summed E-state index contributed by atoms with van der Waals surface area (Å²) in [6.45, 7) is 2.01. The number of alkyl halides is 1. The second kappa shape index (κ2) is 12.9. The summed E-state index contributed by atoms with van der Waals surface area (Å²) in [5.41, 5.74) is -2.66. The van der Waals surface area contributed by atoms with Crippen LogP contribution in [0.15, 0.2) is 40.6 Å². The molecular weight excluding hydrogens is 740 g/mol. The zero-order chi connectivity index (χ0) is 36.6. The van der Waals surface area contributed by atoms with Crippen LogP contribution < -0.4 is 16.2 Å². The second-order valence-electron chi connectivity index (χ2n) is 12.9. The van der Waals surface area contributed by atoms with E-state index in [-0.39, 0.29) is 11.5 Å². The molecule has 10 atom stereocenters. The average Bonchev–Trinajstić information content (AvgIpc) is 3.74. The van der Waals surface area contributed by atoms with Crippen molar-refractivity contribution in [1.29, 1.82) is 0 Å². The summed E-state index contributed by atoms with van der Waals surface area (Å²) < 4.78 is 20.0. The first-order chi connectivity index (χ1) is 24.2. The van der Waals surface area contributed by atoms with E-state index in [1.807, 2.05) is 0 Å². The number of carbonyl (C=O) groups is 1. The summed E-state index contributed by atoms with van der Waals surface area (Å²) in [5.74, 6) is 0.822. The number of hydrogen-bond donors (Lipinski definition) is 8. The van der Waals surface area contributed by atoms with E-state index >= 15 is 0 Å². The predicted molar refractivity (Wildman–Crippen MR) is 182 cm³/mol. The van der Waals surface area contributed by atoms with Crippen LogP contribution in [0, 0.1) is 0 Å². The van der Waals surface area contributed by atoms with Gasteiger partial charge in [-0.1, -0.05) is 15.9 Å². The first kappa shape index (κ1) is 35.4. The van der Waals surface area contributed by atoms with Crippen LogP contribution in [-0.4, -0.2) is 128 Å². The molecule has 51 heavy (non-hydrogen) atoms. The molecule has 0 aliphatic carbocycles. The Labute approximate surface area is 296 Å². The number of aliphatic hydroxyl groups is 6. The van der Waals surface area contributed by atoms with Gasteiger partial charge in [0, 0.05) is 36.5 Å². The van der Waals surface area contributed by atoms with Gasteiger partial charge >= 0.3 is 0 Å². The molecule has 0 radical (unpaired) electrons. The van der Waals surface area contributed by atoms with Crippen LogP contribution in [0.5, 0.6) is 0 Å². The molecule has 8 heterocycles. The van der Waals surface area contributed by atoms with E-state index in [1.165, 1.54) is 39.7 Å². The molecule has 19 nitrogen and oxygen atoms in total. The molecule has 0 aromatic carbocycles. The van der Waals surface area contributed by atoms with Crippen molar-refractivity contribution in [1.82, 2.24) is 24.1 Å². The normalized spacial score (nSPS) is 33.9. The maximum absolute atomic E-state index is 12.3. The fourth-order valence-corrected chi connectivity index (χ4v) is 7.56. The van der Waals surface area contributed by atoms with E-state index in [4.69, 9.17) is 14.2 Å². The average molecular weight is 776 g/mol. The Morgan fingerprint density at radius 2 is 1.59 bits per heavy atom. The van der Waals surface area contributed by atoms with Crippen LogP contribution in [0.25, 0.3) is 21.8 Å². The number of aromatic nitrogens is 5. The third-order valence-electron chi connectivity index (χ3n) is 9.62. The van der Waals surface area contributed by atoms with Gasteiger partial charge < -0.3 is 64.6 Å². The Kier molecular flexibility index (Phi) is 8.98. The maximum atomic E-state index is 12.3. The fraction of sp³-hybridized carbons (Fsp3) is 0.484. The van der Waals surface area contributed by atoms with Crippen molar-refractivity contribution in [3.8, 4) is 0 Å². The molecule has 1 amide bonds. The van der Waals surface area contributed by atoms with Gasteiger partial charge in [0.2, 0.25) is 5.91 Å². The number of aliphatic hydroxyl groups excluding tert-OH is 4. The zero-order valence-electron chi connectivity index (χ0n) is 27.3. The number of ether oxygens (including phenoxy) is 3. The molecule has 0 spiro atoms. The van der Waals surface area contributed by atoms with E-state index in [2.05, 4.69) is 46.5 Å². The highest BCUT2D eigenvalue weighted by atomic mass is 79.9. The van der Waals surface area contributed by atoms with E-state index in [0.717, 1.165) is 0 Å². The van der Waals surface area contributed by atoms with Crippen LogP contribution >= 0.6 is 15.9 Å². The maximum Gasteiger partial charge on any atom is 0.271 e. The van der Waals surface area contributed by atoms with E-state index in [0.29, 0.717) is 44.8 Å². The van der Waals surface area contributed by atoms with Crippen molar-refractivity contribution in [2.45, 2.75) is 72.9 Å². The molecule has 272 valence electrons. The van der Waals surface area contributed by atoms with Crippen molar-refractivity contribution < 1.29 is 49.6 Å². The molecule has 2 saturated heterocycles. The number of halogens is 1. The lowest BCUT2D eigenvalue weighted by Gasteiger charge is -2.28. The van der Waals surface area contributed by atoms with Gasteiger partial charge in [-0.05, 0) is 19.9 Å². The molecule has 4 aliphatic heterocycles. The number of aliphatic imine (C=N–C) groups is 1. The lowest BCUT2D eigenvalue weighted by atomic mass is 9.96. The number of hydrogen-bond acceptors (Lipinski definition) is 16. The molecule has 4 unspecified atom stereocenters. The summed E-state index contributed by atoms with van der Waals surface area (Å²) in [4.78, 5) is 39.9. The Hall–Kier alpha value is -3.96. The number of rotatable bonds is 5. The second-order valence-corrected chi connectivity index (χ2v) is 13.9. The minimum Gasteiger partial charge on any atom is -0.394 e. The van der Waals surface area contributed by atoms with Gasteiger partial charge in [-0.2, -0.15) is 4.98 Å². The molecule has 8 N–H and O–H groups in total. The minimum absolute atomic E-state index is 0.301. The number of carbonyl (C=O) groups excluding carboxylic acids is 1. The number of methoxy groups -OCH3 is 1. The summed E-state index contributed by atoms with van der Waals surface area (Å²) in [6, 6.07) is 2.95. The van der Waals surface area contributed by atoms with Crippen LogP contribution in [0.2, 0.25) is 0 Å². The molecule has 4 aliphatic rings. The van der Waals surface area contributed by atoms with Gasteiger partial charge in [-0.15, -0.1) is 0 Å². The molecular formula is C31H35BrN8O11.